The zero-order chi connectivity index (χ0) is 11.5. The highest BCUT2D eigenvalue weighted by Crippen LogP contribution is 2.28. The first-order valence-electron chi connectivity index (χ1n) is 4.84. The number of pyridine rings is 1. The van der Waals surface area contributed by atoms with Crippen LogP contribution in [0.4, 0.5) is 5.69 Å². The van der Waals surface area contributed by atoms with Crippen LogP contribution in [0.25, 0.3) is 11.1 Å². The summed E-state index contributed by atoms with van der Waals surface area (Å²) in [6.07, 6.45) is 2.83. The Labute approximate surface area is 92.7 Å². The first-order chi connectivity index (χ1) is 7.68. The Balaban J connectivity index is 2.55. The number of benzene rings is 1. The Kier molecular flexibility index (Phi) is 2.64. The Morgan fingerprint density at radius 1 is 1.19 bits per heavy atom. The van der Waals surface area contributed by atoms with E-state index in [0.29, 0.717) is 5.56 Å². The molecule has 0 radical (unpaired) electrons. The maximum absolute atomic E-state index is 10.8. The zero-order valence-corrected chi connectivity index (χ0v) is 8.75. The van der Waals surface area contributed by atoms with Crippen LogP contribution in [0.2, 0.25) is 0 Å². The summed E-state index contributed by atoms with van der Waals surface area (Å²) in [4.78, 5) is 14.2. The fraction of sp³-hybridized carbons (Fsp3) is 0.0833. The number of aromatic nitrogens is 1. The molecule has 0 unspecified atom stereocenters. The minimum Gasteiger partial charge on any atom is -0.258 e. The molecule has 0 saturated carbocycles. The molecule has 0 atom stereocenters. The molecule has 16 heavy (non-hydrogen) atoms. The van der Waals surface area contributed by atoms with E-state index in [2.05, 4.69) is 4.98 Å². The molecule has 1 aromatic carbocycles. The van der Waals surface area contributed by atoms with Gasteiger partial charge in [-0.1, -0.05) is 29.8 Å². The van der Waals surface area contributed by atoms with Crippen molar-refractivity contribution in [2.75, 3.05) is 0 Å². The molecule has 0 aliphatic heterocycles. The highest BCUT2D eigenvalue weighted by Gasteiger charge is 2.14. The van der Waals surface area contributed by atoms with E-state index in [-0.39, 0.29) is 5.69 Å². The van der Waals surface area contributed by atoms with Crippen molar-refractivity contribution in [2.24, 2.45) is 0 Å². The van der Waals surface area contributed by atoms with Crippen molar-refractivity contribution in [1.29, 1.82) is 0 Å². The number of nitrogens with zero attached hydrogens (tertiary/aromatic N) is 2. The van der Waals surface area contributed by atoms with Crippen molar-refractivity contribution in [3.05, 3.63) is 58.4 Å². The molecule has 80 valence electrons. The molecule has 0 aliphatic rings. The van der Waals surface area contributed by atoms with Gasteiger partial charge in [-0.25, -0.2) is 0 Å². The molecule has 0 spiro atoms. The fourth-order valence-corrected chi connectivity index (χ4v) is 1.51. The lowest BCUT2D eigenvalue weighted by Gasteiger charge is -2.02. The molecule has 0 aliphatic carbocycles. The van der Waals surface area contributed by atoms with Crippen LogP contribution in [-0.4, -0.2) is 9.91 Å². The van der Waals surface area contributed by atoms with Crippen LogP contribution in [0.5, 0.6) is 0 Å². The van der Waals surface area contributed by atoms with E-state index in [0.717, 1.165) is 11.1 Å². The van der Waals surface area contributed by atoms with Gasteiger partial charge in [-0.3, -0.25) is 15.1 Å². The van der Waals surface area contributed by atoms with E-state index in [4.69, 9.17) is 0 Å². The molecule has 0 amide bonds. The maximum Gasteiger partial charge on any atom is 0.295 e. The highest BCUT2D eigenvalue weighted by molar-refractivity contribution is 5.72. The van der Waals surface area contributed by atoms with Gasteiger partial charge in [-0.05, 0) is 18.6 Å². The van der Waals surface area contributed by atoms with Crippen molar-refractivity contribution < 1.29 is 4.92 Å². The maximum atomic E-state index is 10.8. The average molecular weight is 214 g/mol. The third-order valence-electron chi connectivity index (χ3n) is 2.36. The number of nitro groups is 1. The second-order valence-electron chi connectivity index (χ2n) is 3.52. The molecule has 2 rings (SSSR count). The molecule has 4 heteroatoms. The van der Waals surface area contributed by atoms with Crippen LogP contribution in [0.1, 0.15) is 5.56 Å². The quantitative estimate of drug-likeness (QED) is 0.570. The van der Waals surface area contributed by atoms with Crippen molar-refractivity contribution >= 4 is 5.69 Å². The zero-order valence-electron chi connectivity index (χ0n) is 8.75. The van der Waals surface area contributed by atoms with Crippen molar-refractivity contribution in [2.45, 2.75) is 6.92 Å². The molecule has 0 bridgehead atoms. The van der Waals surface area contributed by atoms with Gasteiger partial charge in [0.2, 0.25) is 0 Å². The van der Waals surface area contributed by atoms with E-state index in [9.17, 15) is 10.1 Å². The minimum atomic E-state index is -0.414. The highest BCUT2D eigenvalue weighted by atomic mass is 16.6. The lowest BCUT2D eigenvalue weighted by molar-refractivity contribution is -0.384. The fourth-order valence-electron chi connectivity index (χ4n) is 1.51. The summed E-state index contributed by atoms with van der Waals surface area (Å²) in [6.45, 7) is 1.98. The summed E-state index contributed by atoms with van der Waals surface area (Å²) in [5.41, 5.74) is 2.59. The molecule has 0 saturated heterocycles. The molecule has 2 aromatic rings. The first kappa shape index (κ1) is 10.3. The molecule has 1 aromatic heterocycles. The van der Waals surface area contributed by atoms with Gasteiger partial charge in [0, 0.05) is 6.20 Å². The van der Waals surface area contributed by atoms with Crippen LogP contribution in [0, 0.1) is 17.0 Å². The molecule has 0 fully saturated rings. The Morgan fingerprint density at radius 3 is 2.50 bits per heavy atom. The Morgan fingerprint density at radius 2 is 1.88 bits per heavy atom. The van der Waals surface area contributed by atoms with Gasteiger partial charge in [0.15, 0.2) is 0 Å². The van der Waals surface area contributed by atoms with Gasteiger partial charge in [0.1, 0.15) is 6.20 Å². The van der Waals surface area contributed by atoms with E-state index < -0.39 is 4.92 Å². The monoisotopic (exact) mass is 214 g/mol. The Hall–Kier alpha value is -2.23. The first-order valence-corrected chi connectivity index (χ1v) is 4.84. The predicted octanol–water partition coefficient (Wildman–Crippen LogP) is 2.97. The van der Waals surface area contributed by atoms with Gasteiger partial charge in [-0.2, -0.15) is 0 Å². The molecule has 4 nitrogen and oxygen atoms in total. The number of hydrogen-bond acceptors (Lipinski definition) is 3. The summed E-state index contributed by atoms with van der Waals surface area (Å²) in [6, 6.07) is 9.26. The van der Waals surface area contributed by atoms with Crippen LogP contribution in [0.3, 0.4) is 0 Å². The molecular weight excluding hydrogens is 204 g/mol. The van der Waals surface area contributed by atoms with E-state index >= 15 is 0 Å². The summed E-state index contributed by atoms with van der Waals surface area (Å²) in [5, 5.41) is 10.8. The largest absolute Gasteiger partial charge is 0.295 e. The average Bonchev–Trinajstić information content (AvgIpc) is 2.30. The Bertz CT molecular complexity index is 521. The SMILES string of the molecule is Cc1ccc(-c2ccncc2[N+](=O)[O-])cc1. The molecule has 0 N–H and O–H groups in total. The summed E-state index contributed by atoms with van der Waals surface area (Å²) < 4.78 is 0. The normalized spacial score (nSPS) is 10.1. The smallest absolute Gasteiger partial charge is 0.258 e. The van der Waals surface area contributed by atoms with Crippen LogP contribution in [-0.2, 0) is 0 Å². The topological polar surface area (TPSA) is 56.0 Å². The minimum absolute atomic E-state index is 0.0337. The van der Waals surface area contributed by atoms with Gasteiger partial charge >= 0.3 is 0 Å². The standard InChI is InChI=1S/C12H10N2O2/c1-9-2-4-10(5-3-9)11-6-7-13-8-12(11)14(15)16/h2-8H,1H3. The van der Waals surface area contributed by atoms with Crippen molar-refractivity contribution in [3.8, 4) is 11.1 Å². The van der Waals surface area contributed by atoms with Crippen LogP contribution >= 0.6 is 0 Å². The number of rotatable bonds is 2. The number of aryl methyl sites for hydroxylation is 1. The van der Waals surface area contributed by atoms with Crippen molar-refractivity contribution in [3.63, 3.8) is 0 Å². The molecular formula is C12H10N2O2. The second-order valence-corrected chi connectivity index (χ2v) is 3.52. The summed E-state index contributed by atoms with van der Waals surface area (Å²) >= 11 is 0. The predicted molar refractivity (Wildman–Crippen MR) is 61.1 cm³/mol. The summed E-state index contributed by atoms with van der Waals surface area (Å²) in [5.74, 6) is 0. The summed E-state index contributed by atoms with van der Waals surface area (Å²) in [7, 11) is 0. The van der Waals surface area contributed by atoms with Crippen LogP contribution in [0.15, 0.2) is 42.7 Å². The van der Waals surface area contributed by atoms with Crippen LogP contribution < -0.4 is 0 Å². The van der Waals surface area contributed by atoms with Crippen molar-refractivity contribution in [1.82, 2.24) is 4.98 Å². The second kappa shape index (κ2) is 4.10. The van der Waals surface area contributed by atoms with Gasteiger partial charge < -0.3 is 0 Å². The van der Waals surface area contributed by atoms with Gasteiger partial charge in [0.05, 0.1) is 10.5 Å². The third-order valence-corrected chi connectivity index (χ3v) is 2.36. The number of hydrogen-bond donors (Lipinski definition) is 0. The lowest BCUT2D eigenvalue weighted by atomic mass is 10.0. The van der Waals surface area contributed by atoms with E-state index in [1.807, 2.05) is 31.2 Å². The van der Waals surface area contributed by atoms with Gasteiger partial charge in [0.25, 0.3) is 5.69 Å². The third kappa shape index (κ3) is 1.91. The van der Waals surface area contributed by atoms with Gasteiger partial charge in [-0.15, -0.1) is 0 Å². The molecule has 1 heterocycles. The van der Waals surface area contributed by atoms with E-state index in [1.165, 1.54) is 6.20 Å². The van der Waals surface area contributed by atoms with E-state index in [1.54, 1.807) is 12.3 Å². The lowest BCUT2D eigenvalue weighted by Crippen LogP contribution is -1.92.